The van der Waals surface area contributed by atoms with E-state index in [2.05, 4.69) is 0 Å². The van der Waals surface area contributed by atoms with Gasteiger partial charge in [0, 0.05) is 5.41 Å². The summed E-state index contributed by atoms with van der Waals surface area (Å²) in [6, 6.07) is 7.87. The maximum atomic E-state index is 10.3. The van der Waals surface area contributed by atoms with Gasteiger partial charge < -0.3 is 9.47 Å². The zero-order chi connectivity index (χ0) is 11.8. The van der Waals surface area contributed by atoms with Crippen molar-refractivity contribution in [3.8, 4) is 5.75 Å². The summed E-state index contributed by atoms with van der Waals surface area (Å²) < 4.78 is 10.7. The first-order valence-electron chi connectivity index (χ1n) is 5.38. The molecule has 2 atom stereocenters. The third kappa shape index (κ3) is 1.90. The van der Waals surface area contributed by atoms with Crippen LogP contribution in [0.5, 0.6) is 5.75 Å². The van der Waals surface area contributed by atoms with E-state index in [1.807, 2.05) is 45.0 Å². The average molecular weight is 220 g/mol. The van der Waals surface area contributed by atoms with E-state index in [-0.39, 0.29) is 17.6 Å². The highest BCUT2D eigenvalue weighted by Gasteiger charge is 2.63. The molecule has 1 fully saturated rings. The van der Waals surface area contributed by atoms with E-state index < -0.39 is 0 Å². The number of carbonyl (C=O) groups is 1. The number of carbonyl (C=O) groups excluding carboxylic acids is 1. The van der Waals surface area contributed by atoms with Gasteiger partial charge in [0.05, 0.1) is 0 Å². The molecule has 3 nitrogen and oxygen atoms in total. The summed E-state index contributed by atoms with van der Waals surface area (Å²) in [7, 11) is 0. The largest absolute Gasteiger partial charge is 0.486 e. The summed E-state index contributed by atoms with van der Waals surface area (Å²) in [5, 5.41) is 0. The number of benzene rings is 1. The topological polar surface area (TPSA) is 35.5 Å². The lowest BCUT2D eigenvalue weighted by Gasteiger charge is -2.06. The predicted octanol–water partition coefficient (Wildman–Crippen LogP) is 2.32. The smallest absolute Gasteiger partial charge is 0.293 e. The maximum Gasteiger partial charge on any atom is 0.293 e. The lowest BCUT2D eigenvalue weighted by atomic mass is 10.2. The zero-order valence-corrected chi connectivity index (χ0v) is 9.77. The fourth-order valence-corrected chi connectivity index (χ4v) is 1.83. The molecule has 0 N–H and O–H groups in total. The van der Waals surface area contributed by atoms with Crippen molar-refractivity contribution in [2.45, 2.75) is 33.0 Å². The Morgan fingerprint density at radius 3 is 2.38 bits per heavy atom. The summed E-state index contributed by atoms with van der Waals surface area (Å²) in [5.74, 6) is 0.820. The number of ether oxygens (including phenoxy) is 2. The highest BCUT2D eigenvalue weighted by molar-refractivity contribution is 5.40. The first-order chi connectivity index (χ1) is 7.55. The monoisotopic (exact) mass is 220 g/mol. The first kappa shape index (κ1) is 11.0. The Kier molecular flexibility index (Phi) is 2.62. The van der Waals surface area contributed by atoms with Crippen molar-refractivity contribution in [3.63, 3.8) is 0 Å². The third-order valence-electron chi connectivity index (χ3n) is 3.12. The quantitative estimate of drug-likeness (QED) is 0.730. The van der Waals surface area contributed by atoms with Crippen LogP contribution in [0.1, 0.15) is 19.4 Å². The van der Waals surface area contributed by atoms with E-state index in [0.717, 1.165) is 5.75 Å². The highest BCUT2D eigenvalue weighted by Crippen LogP contribution is 2.49. The molecule has 16 heavy (non-hydrogen) atoms. The molecule has 0 spiro atoms. The molecule has 0 heterocycles. The highest BCUT2D eigenvalue weighted by atomic mass is 16.6. The summed E-state index contributed by atoms with van der Waals surface area (Å²) in [5.41, 5.74) is 1.11. The van der Waals surface area contributed by atoms with Crippen molar-refractivity contribution in [2.75, 3.05) is 0 Å². The van der Waals surface area contributed by atoms with Gasteiger partial charge >= 0.3 is 0 Å². The molecule has 0 radical (unpaired) electrons. The molecule has 0 saturated heterocycles. The van der Waals surface area contributed by atoms with E-state index in [0.29, 0.717) is 6.47 Å². The molecule has 2 rings (SSSR count). The molecular formula is C13H16O3. The van der Waals surface area contributed by atoms with Crippen molar-refractivity contribution >= 4 is 6.47 Å². The summed E-state index contributed by atoms with van der Waals surface area (Å²) in [6.07, 6.45) is -0.174. The van der Waals surface area contributed by atoms with Crippen molar-refractivity contribution < 1.29 is 14.3 Å². The van der Waals surface area contributed by atoms with Crippen molar-refractivity contribution in [1.29, 1.82) is 0 Å². The molecule has 86 valence electrons. The van der Waals surface area contributed by atoms with Crippen LogP contribution < -0.4 is 4.74 Å². The van der Waals surface area contributed by atoms with E-state index in [1.165, 1.54) is 5.56 Å². The Morgan fingerprint density at radius 1 is 1.19 bits per heavy atom. The van der Waals surface area contributed by atoms with Gasteiger partial charge in [-0.15, -0.1) is 0 Å². The number of hydrogen-bond acceptors (Lipinski definition) is 3. The van der Waals surface area contributed by atoms with Gasteiger partial charge in [-0.3, -0.25) is 4.79 Å². The summed E-state index contributed by atoms with van der Waals surface area (Å²) in [4.78, 5) is 10.3. The molecule has 0 aromatic heterocycles. The fourth-order valence-electron chi connectivity index (χ4n) is 1.83. The molecule has 1 aromatic rings. The van der Waals surface area contributed by atoms with Crippen LogP contribution in [0.25, 0.3) is 0 Å². The second kappa shape index (κ2) is 3.81. The standard InChI is InChI=1S/C13H16O3/c1-9-4-6-10(7-5-9)16-12-11(15-8-14)13(12,2)3/h4-8,11-12H,1-3H3. The SMILES string of the molecule is Cc1ccc(OC2C(OC=O)C2(C)C)cc1. The van der Waals surface area contributed by atoms with Crippen molar-refractivity contribution in [1.82, 2.24) is 0 Å². The molecule has 1 saturated carbocycles. The number of rotatable bonds is 4. The minimum Gasteiger partial charge on any atom is -0.486 e. The van der Waals surface area contributed by atoms with Gasteiger partial charge in [0.15, 0.2) is 0 Å². The minimum atomic E-state index is -0.133. The van der Waals surface area contributed by atoms with Gasteiger partial charge in [-0.1, -0.05) is 31.5 Å². The molecule has 1 aliphatic carbocycles. The Hall–Kier alpha value is -1.51. The Bertz CT molecular complexity index is 381. The van der Waals surface area contributed by atoms with Crippen LogP contribution in [0.3, 0.4) is 0 Å². The molecule has 0 amide bonds. The van der Waals surface area contributed by atoms with Crippen LogP contribution in [0.2, 0.25) is 0 Å². The zero-order valence-electron chi connectivity index (χ0n) is 9.77. The average Bonchev–Trinajstić information content (AvgIpc) is 2.74. The Balaban J connectivity index is 2.01. The molecule has 1 aromatic carbocycles. The van der Waals surface area contributed by atoms with Crippen LogP contribution in [-0.4, -0.2) is 18.7 Å². The van der Waals surface area contributed by atoms with E-state index in [9.17, 15) is 4.79 Å². The van der Waals surface area contributed by atoms with E-state index in [1.54, 1.807) is 0 Å². The Morgan fingerprint density at radius 2 is 1.81 bits per heavy atom. The van der Waals surface area contributed by atoms with Crippen molar-refractivity contribution in [2.24, 2.45) is 5.41 Å². The number of aryl methyl sites for hydroxylation is 1. The van der Waals surface area contributed by atoms with E-state index in [4.69, 9.17) is 9.47 Å². The van der Waals surface area contributed by atoms with Crippen LogP contribution in [-0.2, 0) is 9.53 Å². The van der Waals surface area contributed by atoms with Crippen molar-refractivity contribution in [3.05, 3.63) is 29.8 Å². The lowest BCUT2D eigenvalue weighted by Crippen LogP contribution is -2.06. The van der Waals surface area contributed by atoms with Gasteiger partial charge in [0.2, 0.25) is 0 Å². The molecule has 2 unspecified atom stereocenters. The lowest BCUT2D eigenvalue weighted by molar-refractivity contribution is -0.131. The van der Waals surface area contributed by atoms with Crippen LogP contribution in [0.15, 0.2) is 24.3 Å². The van der Waals surface area contributed by atoms with Crippen LogP contribution in [0.4, 0.5) is 0 Å². The summed E-state index contributed by atoms with van der Waals surface area (Å²) >= 11 is 0. The maximum absolute atomic E-state index is 10.3. The summed E-state index contributed by atoms with van der Waals surface area (Å²) in [6.45, 7) is 6.58. The molecule has 0 bridgehead atoms. The predicted molar refractivity (Wildman–Crippen MR) is 60.3 cm³/mol. The molecule has 0 aliphatic heterocycles. The van der Waals surface area contributed by atoms with Gasteiger partial charge in [-0.05, 0) is 19.1 Å². The van der Waals surface area contributed by atoms with Crippen LogP contribution >= 0.6 is 0 Å². The number of hydrogen-bond donors (Lipinski definition) is 0. The second-order valence-corrected chi connectivity index (χ2v) is 4.83. The van der Waals surface area contributed by atoms with Gasteiger partial charge in [0.25, 0.3) is 6.47 Å². The normalized spacial score (nSPS) is 25.9. The van der Waals surface area contributed by atoms with Gasteiger partial charge in [-0.2, -0.15) is 0 Å². The third-order valence-corrected chi connectivity index (χ3v) is 3.12. The fraction of sp³-hybridized carbons (Fsp3) is 0.462. The van der Waals surface area contributed by atoms with Crippen LogP contribution in [0, 0.1) is 12.3 Å². The first-order valence-corrected chi connectivity index (χ1v) is 5.38. The molecule has 1 aliphatic rings. The molecule has 3 heteroatoms. The van der Waals surface area contributed by atoms with Gasteiger partial charge in [0.1, 0.15) is 18.0 Å². The minimum absolute atomic E-state index is 0.0413. The van der Waals surface area contributed by atoms with E-state index >= 15 is 0 Å². The van der Waals surface area contributed by atoms with Gasteiger partial charge in [-0.25, -0.2) is 0 Å². The molecular weight excluding hydrogens is 204 g/mol. The second-order valence-electron chi connectivity index (χ2n) is 4.83. The Labute approximate surface area is 95.4 Å².